The summed E-state index contributed by atoms with van der Waals surface area (Å²) in [5.74, 6) is 0.264. The zero-order valence-electron chi connectivity index (χ0n) is 15.5. The molecule has 0 fully saturated rings. The molecule has 5 N–H and O–H groups in total. The van der Waals surface area contributed by atoms with Crippen molar-refractivity contribution in [3.8, 4) is 0 Å². The minimum Gasteiger partial charge on any atom is -0.393 e. The third-order valence-electron chi connectivity index (χ3n) is 4.34. The average Bonchev–Trinajstić information content (AvgIpc) is 2.73. The number of carbonyl (C=O) groups is 1. The van der Waals surface area contributed by atoms with Crippen LogP contribution in [0.25, 0.3) is 10.8 Å². The lowest BCUT2D eigenvalue weighted by Crippen LogP contribution is -2.30. The van der Waals surface area contributed by atoms with Crippen molar-refractivity contribution in [2.24, 2.45) is 0 Å². The first-order chi connectivity index (χ1) is 14.5. The van der Waals surface area contributed by atoms with Crippen LogP contribution in [0, 0.1) is 0 Å². The van der Waals surface area contributed by atoms with Gasteiger partial charge in [0.25, 0.3) is 5.91 Å². The van der Waals surface area contributed by atoms with Crippen LogP contribution in [-0.2, 0) is 0 Å². The van der Waals surface area contributed by atoms with Crippen LogP contribution in [0.1, 0.15) is 10.4 Å². The summed E-state index contributed by atoms with van der Waals surface area (Å²) in [5, 5.41) is 5.79. The van der Waals surface area contributed by atoms with Crippen molar-refractivity contribution in [2.45, 2.75) is 0 Å². The molecule has 0 aliphatic rings. The molecule has 0 unspecified atom stereocenters. The first kappa shape index (κ1) is 19.8. The fourth-order valence-corrected chi connectivity index (χ4v) is 3.49. The van der Waals surface area contributed by atoms with Crippen LogP contribution in [0.15, 0.2) is 67.0 Å². The van der Waals surface area contributed by atoms with E-state index in [1.165, 1.54) is 6.33 Å². The lowest BCUT2D eigenvalue weighted by Gasteiger charge is -2.14. The Morgan fingerprint density at radius 2 is 1.60 bits per heavy atom. The molecule has 3 aromatic carbocycles. The van der Waals surface area contributed by atoms with Crippen LogP contribution in [0.5, 0.6) is 0 Å². The molecule has 0 bridgehead atoms. The van der Waals surface area contributed by atoms with Gasteiger partial charge < -0.3 is 11.1 Å². The van der Waals surface area contributed by atoms with Gasteiger partial charge in [0.15, 0.2) is 11.6 Å². The Labute approximate surface area is 182 Å². The van der Waals surface area contributed by atoms with Gasteiger partial charge in [0.05, 0.1) is 0 Å². The molecule has 1 heterocycles. The molecule has 0 atom stereocenters. The molecule has 0 aliphatic carbocycles. The van der Waals surface area contributed by atoms with Gasteiger partial charge in [0.1, 0.15) is 12.0 Å². The van der Waals surface area contributed by atoms with E-state index in [1.54, 1.807) is 24.3 Å². The Hall–Kier alpha value is -3.55. The zero-order valence-corrected chi connectivity index (χ0v) is 17.0. The molecule has 4 rings (SSSR count). The van der Waals surface area contributed by atoms with E-state index in [0.717, 1.165) is 10.8 Å². The van der Waals surface area contributed by atoms with Crippen LogP contribution in [0.2, 0.25) is 10.0 Å². The molecule has 0 aliphatic heterocycles. The zero-order chi connectivity index (χ0) is 21.1. The Balaban J connectivity index is 1.52. The Kier molecular flexibility index (Phi) is 5.56. The third-order valence-corrected chi connectivity index (χ3v) is 4.77. The smallest absolute Gasteiger partial charge is 0.270 e. The number of anilines is 4. The molecule has 0 spiro atoms. The van der Waals surface area contributed by atoms with E-state index in [4.69, 9.17) is 28.9 Å². The first-order valence-corrected chi connectivity index (χ1v) is 9.64. The molecule has 9 heteroatoms. The largest absolute Gasteiger partial charge is 0.393 e. The average molecular weight is 439 g/mol. The monoisotopic (exact) mass is 438 g/mol. The highest BCUT2D eigenvalue weighted by molar-refractivity contribution is 6.35. The number of hydrazine groups is 1. The van der Waals surface area contributed by atoms with Crippen molar-refractivity contribution in [1.82, 2.24) is 15.4 Å². The predicted molar refractivity (Wildman–Crippen MR) is 121 cm³/mol. The van der Waals surface area contributed by atoms with E-state index in [2.05, 4.69) is 26.1 Å². The number of nitrogens with two attached hydrogens (primary N) is 1. The number of fused-ring (bicyclic) bond motifs is 1. The summed E-state index contributed by atoms with van der Waals surface area (Å²) in [6.45, 7) is 0. The molecule has 150 valence electrons. The Bertz CT molecular complexity index is 1220. The van der Waals surface area contributed by atoms with Crippen molar-refractivity contribution < 1.29 is 4.79 Å². The van der Waals surface area contributed by atoms with Crippen molar-refractivity contribution in [3.63, 3.8) is 0 Å². The number of rotatable bonds is 5. The number of nitrogens with zero attached hydrogens (tertiary/aromatic N) is 2. The van der Waals surface area contributed by atoms with Crippen molar-refractivity contribution in [3.05, 3.63) is 82.6 Å². The van der Waals surface area contributed by atoms with E-state index in [-0.39, 0.29) is 17.4 Å². The second-order valence-electron chi connectivity index (χ2n) is 6.37. The lowest BCUT2D eigenvalue weighted by atomic mass is 10.0. The van der Waals surface area contributed by atoms with Crippen LogP contribution in [-0.4, -0.2) is 15.9 Å². The molecule has 0 radical (unpaired) electrons. The van der Waals surface area contributed by atoms with Gasteiger partial charge in [-0.1, -0.05) is 59.6 Å². The van der Waals surface area contributed by atoms with E-state index < -0.39 is 0 Å². The SMILES string of the molecule is Nc1c(NNC(=O)c2cccc3ccccc23)ncnc1Nc1cc(Cl)cc(Cl)c1. The van der Waals surface area contributed by atoms with Gasteiger partial charge in [-0.3, -0.25) is 15.6 Å². The maximum atomic E-state index is 12.7. The van der Waals surface area contributed by atoms with Gasteiger partial charge in [-0.2, -0.15) is 0 Å². The highest BCUT2D eigenvalue weighted by atomic mass is 35.5. The number of hydrogen-bond donors (Lipinski definition) is 4. The van der Waals surface area contributed by atoms with E-state index in [0.29, 0.717) is 27.1 Å². The van der Waals surface area contributed by atoms with Gasteiger partial charge >= 0.3 is 0 Å². The Morgan fingerprint density at radius 1 is 0.900 bits per heavy atom. The quantitative estimate of drug-likeness (QED) is 0.326. The second kappa shape index (κ2) is 8.44. The molecular formula is C21H16Cl2N6O. The number of amides is 1. The van der Waals surface area contributed by atoms with Gasteiger partial charge in [-0.25, -0.2) is 9.97 Å². The Morgan fingerprint density at radius 3 is 2.40 bits per heavy atom. The molecule has 4 aromatic rings. The number of nitrogen functional groups attached to an aromatic ring is 1. The summed E-state index contributed by atoms with van der Waals surface area (Å²) in [4.78, 5) is 20.9. The molecule has 0 saturated carbocycles. The fraction of sp³-hybridized carbons (Fsp3) is 0. The number of benzene rings is 3. The van der Waals surface area contributed by atoms with Crippen molar-refractivity contribution in [1.29, 1.82) is 0 Å². The minimum atomic E-state index is -0.319. The third kappa shape index (κ3) is 4.22. The second-order valence-corrected chi connectivity index (χ2v) is 7.25. The molecule has 7 nitrogen and oxygen atoms in total. The van der Waals surface area contributed by atoms with Gasteiger partial charge in [-0.15, -0.1) is 0 Å². The summed E-state index contributed by atoms with van der Waals surface area (Å²) >= 11 is 12.0. The standard InChI is InChI=1S/C21H16Cl2N6O/c22-13-8-14(23)10-15(9-13)27-19-18(24)20(26-11-25-19)28-29-21(30)17-7-3-5-12-4-1-2-6-16(12)17/h1-11H,24H2,(H,29,30)(H2,25,26,27,28). The predicted octanol–water partition coefficient (Wildman–Crippen LogP) is 5.02. The van der Waals surface area contributed by atoms with Gasteiger partial charge in [0.2, 0.25) is 0 Å². The first-order valence-electron chi connectivity index (χ1n) is 8.89. The topological polar surface area (TPSA) is 105 Å². The minimum absolute atomic E-state index is 0.215. The van der Waals surface area contributed by atoms with E-state index >= 15 is 0 Å². The molecular weight excluding hydrogens is 423 g/mol. The highest BCUT2D eigenvalue weighted by Gasteiger charge is 2.13. The van der Waals surface area contributed by atoms with Gasteiger partial charge in [-0.05, 0) is 35.0 Å². The van der Waals surface area contributed by atoms with Crippen LogP contribution < -0.4 is 21.9 Å². The number of halogens is 2. The highest BCUT2D eigenvalue weighted by Crippen LogP contribution is 2.29. The van der Waals surface area contributed by atoms with Crippen molar-refractivity contribution in [2.75, 3.05) is 16.5 Å². The van der Waals surface area contributed by atoms with Crippen LogP contribution in [0.4, 0.5) is 23.0 Å². The van der Waals surface area contributed by atoms with Crippen LogP contribution >= 0.6 is 23.2 Å². The lowest BCUT2D eigenvalue weighted by molar-refractivity contribution is 0.0964. The van der Waals surface area contributed by atoms with Crippen molar-refractivity contribution >= 4 is 62.9 Å². The van der Waals surface area contributed by atoms with E-state index in [1.807, 2.05) is 36.4 Å². The maximum absolute atomic E-state index is 12.7. The summed E-state index contributed by atoms with van der Waals surface area (Å²) < 4.78 is 0. The number of carbonyl (C=O) groups excluding carboxylic acids is 1. The summed E-state index contributed by atoms with van der Waals surface area (Å²) in [5.41, 5.74) is 12.9. The fourth-order valence-electron chi connectivity index (χ4n) is 2.96. The maximum Gasteiger partial charge on any atom is 0.270 e. The molecule has 30 heavy (non-hydrogen) atoms. The molecule has 1 amide bonds. The van der Waals surface area contributed by atoms with Crippen LogP contribution in [0.3, 0.4) is 0 Å². The summed E-state index contributed by atoms with van der Waals surface area (Å²) in [6.07, 6.45) is 1.32. The summed E-state index contributed by atoms with van der Waals surface area (Å²) in [7, 11) is 0. The number of nitrogens with one attached hydrogen (secondary N) is 3. The van der Waals surface area contributed by atoms with Gasteiger partial charge in [0, 0.05) is 21.3 Å². The number of aromatic nitrogens is 2. The summed E-state index contributed by atoms with van der Waals surface area (Å²) in [6, 6.07) is 18.2. The normalized spacial score (nSPS) is 10.6. The van der Waals surface area contributed by atoms with E-state index in [9.17, 15) is 4.79 Å². The molecule has 0 saturated heterocycles. The molecule has 1 aromatic heterocycles. The number of hydrogen-bond acceptors (Lipinski definition) is 6.